The van der Waals surface area contributed by atoms with Gasteiger partial charge in [0.05, 0.1) is 16.9 Å². The highest BCUT2D eigenvalue weighted by Crippen LogP contribution is 2.30. The molecular weight excluding hydrogens is 253 g/mol. The van der Waals surface area contributed by atoms with E-state index in [-0.39, 0.29) is 5.82 Å². The van der Waals surface area contributed by atoms with Crippen molar-refractivity contribution < 1.29 is 4.39 Å². The van der Waals surface area contributed by atoms with Crippen molar-refractivity contribution >= 4 is 11.4 Å². The van der Waals surface area contributed by atoms with Gasteiger partial charge in [0.25, 0.3) is 0 Å². The fraction of sp³-hybridized carbons (Fsp3) is 0.188. The minimum Gasteiger partial charge on any atom is -0.338 e. The molecule has 20 heavy (non-hydrogen) atoms. The number of para-hydroxylation sites is 1. The van der Waals surface area contributed by atoms with Gasteiger partial charge >= 0.3 is 0 Å². The summed E-state index contributed by atoms with van der Waals surface area (Å²) >= 11 is 0. The van der Waals surface area contributed by atoms with Crippen LogP contribution in [0.3, 0.4) is 0 Å². The molecular formula is C16H16FN3. The smallest absolute Gasteiger partial charge is 0.146 e. The summed E-state index contributed by atoms with van der Waals surface area (Å²) in [5.41, 5.74) is 8.12. The van der Waals surface area contributed by atoms with Gasteiger partial charge in [0.1, 0.15) is 11.9 Å². The van der Waals surface area contributed by atoms with Crippen LogP contribution in [0.4, 0.5) is 15.8 Å². The number of nitrogens with two attached hydrogens (primary N) is 1. The first-order chi connectivity index (χ1) is 9.71. The molecule has 4 heteroatoms. The Hall–Kier alpha value is -2.38. The molecule has 0 amide bonds. The van der Waals surface area contributed by atoms with Crippen LogP contribution in [-0.4, -0.2) is 6.54 Å². The van der Waals surface area contributed by atoms with Crippen LogP contribution in [-0.2, 0) is 6.54 Å². The fourth-order valence-corrected chi connectivity index (χ4v) is 2.18. The summed E-state index contributed by atoms with van der Waals surface area (Å²) in [4.78, 5) is 1.79. The highest BCUT2D eigenvalue weighted by molar-refractivity contribution is 5.70. The molecule has 0 radical (unpaired) electrons. The van der Waals surface area contributed by atoms with Crippen molar-refractivity contribution in [2.24, 2.45) is 5.73 Å². The minimum absolute atomic E-state index is 0.304. The van der Waals surface area contributed by atoms with E-state index in [0.717, 1.165) is 5.56 Å². The van der Waals surface area contributed by atoms with Crippen LogP contribution in [0.1, 0.15) is 18.1 Å². The van der Waals surface area contributed by atoms with Gasteiger partial charge < -0.3 is 10.6 Å². The second-order valence-corrected chi connectivity index (χ2v) is 4.36. The summed E-state index contributed by atoms with van der Waals surface area (Å²) in [5.74, 6) is -0.304. The number of benzene rings is 2. The molecule has 0 unspecified atom stereocenters. The number of hydrogen-bond donors (Lipinski definition) is 1. The molecule has 0 aromatic heterocycles. The van der Waals surface area contributed by atoms with Crippen LogP contribution < -0.4 is 10.6 Å². The van der Waals surface area contributed by atoms with Crippen molar-refractivity contribution in [3.8, 4) is 6.07 Å². The number of hydrogen-bond acceptors (Lipinski definition) is 3. The number of halogens is 1. The molecule has 0 heterocycles. The second kappa shape index (κ2) is 6.18. The first-order valence-corrected chi connectivity index (χ1v) is 6.46. The predicted octanol–water partition coefficient (Wildman–Crippen LogP) is 3.31. The Kier molecular flexibility index (Phi) is 4.34. The van der Waals surface area contributed by atoms with Crippen molar-refractivity contribution in [1.29, 1.82) is 5.26 Å². The molecule has 0 atom stereocenters. The molecule has 0 saturated carbocycles. The van der Waals surface area contributed by atoms with Gasteiger partial charge in [-0.15, -0.1) is 0 Å². The van der Waals surface area contributed by atoms with Gasteiger partial charge in [-0.25, -0.2) is 4.39 Å². The summed E-state index contributed by atoms with van der Waals surface area (Å²) in [6, 6.07) is 14.1. The monoisotopic (exact) mass is 269 g/mol. The molecule has 2 rings (SSSR count). The van der Waals surface area contributed by atoms with Gasteiger partial charge in [0, 0.05) is 13.1 Å². The Morgan fingerprint density at radius 3 is 2.55 bits per heavy atom. The molecule has 2 aromatic carbocycles. The van der Waals surface area contributed by atoms with Crippen molar-refractivity contribution in [3.63, 3.8) is 0 Å². The van der Waals surface area contributed by atoms with Crippen molar-refractivity contribution in [3.05, 3.63) is 59.4 Å². The zero-order chi connectivity index (χ0) is 14.5. The van der Waals surface area contributed by atoms with E-state index >= 15 is 0 Å². The lowest BCUT2D eigenvalue weighted by Gasteiger charge is -2.25. The number of rotatable bonds is 4. The quantitative estimate of drug-likeness (QED) is 0.926. The van der Waals surface area contributed by atoms with Crippen molar-refractivity contribution in [1.82, 2.24) is 0 Å². The molecule has 0 aliphatic carbocycles. The third kappa shape index (κ3) is 2.63. The second-order valence-electron chi connectivity index (χ2n) is 4.36. The van der Waals surface area contributed by atoms with E-state index in [4.69, 9.17) is 5.73 Å². The first kappa shape index (κ1) is 14.0. The lowest BCUT2D eigenvalue weighted by atomic mass is 10.1. The molecule has 102 valence electrons. The van der Waals surface area contributed by atoms with Crippen LogP contribution in [0.2, 0.25) is 0 Å². The number of nitriles is 1. The Bertz CT molecular complexity index is 646. The Morgan fingerprint density at radius 2 is 1.95 bits per heavy atom. The Morgan fingerprint density at radius 1 is 1.20 bits per heavy atom. The lowest BCUT2D eigenvalue weighted by molar-refractivity contribution is 0.625. The third-order valence-corrected chi connectivity index (χ3v) is 3.17. The molecule has 2 N–H and O–H groups in total. The fourth-order valence-electron chi connectivity index (χ4n) is 2.18. The van der Waals surface area contributed by atoms with E-state index in [1.807, 2.05) is 19.1 Å². The predicted molar refractivity (Wildman–Crippen MR) is 78.1 cm³/mol. The largest absolute Gasteiger partial charge is 0.338 e. The average Bonchev–Trinajstić information content (AvgIpc) is 2.50. The van der Waals surface area contributed by atoms with Gasteiger partial charge in [-0.3, -0.25) is 0 Å². The SMILES string of the molecule is CCN(c1ccccc1F)c1ccc(CN)cc1C#N. The van der Waals surface area contributed by atoms with E-state index in [1.54, 1.807) is 29.2 Å². The molecule has 0 bridgehead atoms. The molecule has 0 aliphatic rings. The van der Waals surface area contributed by atoms with Crippen LogP contribution in [0, 0.1) is 17.1 Å². The van der Waals surface area contributed by atoms with Crippen LogP contribution in [0.5, 0.6) is 0 Å². The first-order valence-electron chi connectivity index (χ1n) is 6.46. The zero-order valence-corrected chi connectivity index (χ0v) is 11.3. The maximum Gasteiger partial charge on any atom is 0.146 e. The summed E-state index contributed by atoms with van der Waals surface area (Å²) in [5, 5.41) is 9.29. The van der Waals surface area contributed by atoms with Gasteiger partial charge in [-0.1, -0.05) is 18.2 Å². The zero-order valence-electron chi connectivity index (χ0n) is 11.3. The third-order valence-electron chi connectivity index (χ3n) is 3.17. The summed E-state index contributed by atoms with van der Waals surface area (Å²) < 4.78 is 13.9. The topological polar surface area (TPSA) is 53.0 Å². The molecule has 0 spiro atoms. The maximum atomic E-state index is 13.9. The molecule has 3 nitrogen and oxygen atoms in total. The summed E-state index contributed by atoms with van der Waals surface area (Å²) in [6.45, 7) is 2.86. The van der Waals surface area contributed by atoms with E-state index in [0.29, 0.717) is 30.0 Å². The number of nitrogens with zero attached hydrogens (tertiary/aromatic N) is 2. The molecule has 0 saturated heterocycles. The van der Waals surface area contributed by atoms with E-state index in [1.165, 1.54) is 6.07 Å². The molecule has 2 aromatic rings. The molecule has 0 fully saturated rings. The van der Waals surface area contributed by atoms with Crippen LogP contribution in [0.15, 0.2) is 42.5 Å². The normalized spacial score (nSPS) is 10.1. The van der Waals surface area contributed by atoms with Crippen LogP contribution >= 0.6 is 0 Å². The van der Waals surface area contributed by atoms with E-state index < -0.39 is 0 Å². The average molecular weight is 269 g/mol. The maximum absolute atomic E-state index is 13.9. The van der Waals surface area contributed by atoms with Gasteiger partial charge in [-0.2, -0.15) is 5.26 Å². The Balaban J connectivity index is 2.53. The van der Waals surface area contributed by atoms with E-state index in [9.17, 15) is 9.65 Å². The van der Waals surface area contributed by atoms with E-state index in [2.05, 4.69) is 6.07 Å². The van der Waals surface area contributed by atoms with Crippen molar-refractivity contribution in [2.75, 3.05) is 11.4 Å². The Labute approximate surface area is 118 Å². The van der Waals surface area contributed by atoms with Gasteiger partial charge in [-0.05, 0) is 36.8 Å². The minimum atomic E-state index is -0.304. The lowest BCUT2D eigenvalue weighted by Crippen LogP contribution is -2.18. The molecule has 0 aliphatic heterocycles. The summed E-state index contributed by atoms with van der Waals surface area (Å²) in [6.07, 6.45) is 0. The standard InChI is InChI=1S/C16H16FN3/c1-2-20(16-6-4-3-5-14(16)17)15-8-7-12(10-18)9-13(15)11-19/h3-9H,2,10,18H2,1H3. The van der Waals surface area contributed by atoms with Gasteiger partial charge in [0.2, 0.25) is 0 Å². The highest BCUT2D eigenvalue weighted by Gasteiger charge is 2.15. The highest BCUT2D eigenvalue weighted by atomic mass is 19.1. The van der Waals surface area contributed by atoms with Crippen molar-refractivity contribution in [2.45, 2.75) is 13.5 Å². The number of anilines is 2. The van der Waals surface area contributed by atoms with Crippen LogP contribution in [0.25, 0.3) is 0 Å². The summed E-state index contributed by atoms with van der Waals surface area (Å²) in [7, 11) is 0. The van der Waals surface area contributed by atoms with Gasteiger partial charge in [0.15, 0.2) is 0 Å².